The summed E-state index contributed by atoms with van der Waals surface area (Å²) >= 11 is 0. The van der Waals surface area contributed by atoms with Gasteiger partial charge in [-0.2, -0.15) is 0 Å². The van der Waals surface area contributed by atoms with Crippen LogP contribution in [0.4, 0.5) is 0 Å². The molecule has 28 heavy (non-hydrogen) atoms. The van der Waals surface area contributed by atoms with Gasteiger partial charge >= 0.3 is 0 Å². The van der Waals surface area contributed by atoms with Gasteiger partial charge in [-0.25, -0.2) is 0 Å². The quantitative estimate of drug-likeness (QED) is 0.676. The molecule has 3 aromatic rings. The molecule has 0 aliphatic carbocycles. The van der Waals surface area contributed by atoms with Crippen molar-refractivity contribution in [3.8, 4) is 11.5 Å². The summed E-state index contributed by atoms with van der Waals surface area (Å²) in [6.07, 6.45) is 3.50. The normalized spacial score (nSPS) is 14.8. The maximum absolute atomic E-state index is 12.5. The van der Waals surface area contributed by atoms with Gasteiger partial charge in [0, 0.05) is 31.6 Å². The number of piperidine rings is 1. The molecule has 1 amide bonds. The SMILES string of the molecule is Cc1ccc(OC2CCN(C(=O)COc3ccc4ccccc4c3)CC2)cn1. The van der Waals surface area contributed by atoms with Crippen molar-refractivity contribution in [1.29, 1.82) is 0 Å². The van der Waals surface area contributed by atoms with Crippen LogP contribution in [0.1, 0.15) is 18.5 Å². The van der Waals surface area contributed by atoms with Crippen LogP contribution in [0.15, 0.2) is 60.8 Å². The molecular formula is C23H24N2O3. The van der Waals surface area contributed by atoms with Crippen molar-refractivity contribution in [2.45, 2.75) is 25.9 Å². The first-order valence-corrected chi connectivity index (χ1v) is 9.66. The molecule has 0 atom stereocenters. The van der Waals surface area contributed by atoms with Crippen LogP contribution < -0.4 is 9.47 Å². The molecule has 0 N–H and O–H groups in total. The van der Waals surface area contributed by atoms with Crippen LogP contribution >= 0.6 is 0 Å². The van der Waals surface area contributed by atoms with E-state index in [2.05, 4.69) is 11.1 Å². The molecule has 0 radical (unpaired) electrons. The summed E-state index contributed by atoms with van der Waals surface area (Å²) in [4.78, 5) is 18.6. The number of benzene rings is 2. The second-order valence-electron chi connectivity index (χ2n) is 7.13. The second-order valence-corrected chi connectivity index (χ2v) is 7.13. The Morgan fingerprint density at radius 1 is 1.04 bits per heavy atom. The van der Waals surface area contributed by atoms with Crippen LogP contribution in [0.2, 0.25) is 0 Å². The molecule has 2 heterocycles. The Morgan fingerprint density at radius 2 is 1.79 bits per heavy atom. The van der Waals surface area contributed by atoms with Gasteiger partial charge < -0.3 is 14.4 Å². The topological polar surface area (TPSA) is 51.7 Å². The number of hydrogen-bond acceptors (Lipinski definition) is 4. The van der Waals surface area contributed by atoms with Gasteiger partial charge in [0.15, 0.2) is 6.61 Å². The molecule has 4 rings (SSSR count). The molecule has 0 bridgehead atoms. The van der Waals surface area contributed by atoms with E-state index in [4.69, 9.17) is 9.47 Å². The van der Waals surface area contributed by atoms with E-state index in [9.17, 15) is 4.79 Å². The lowest BCUT2D eigenvalue weighted by Gasteiger charge is -2.32. The molecule has 5 nitrogen and oxygen atoms in total. The van der Waals surface area contributed by atoms with Crippen molar-refractivity contribution in [3.63, 3.8) is 0 Å². The van der Waals surface area contributed by atoms with Crippen LogP contribution in [-0.4, -0.2) is 41.6 Å². The minimum absolute atomic E-state index is 0.0172. The number of hydrogen-bond donors (Lipinski definition) is 0. The van der Waals surface area contributed by atoms with Gasteiger partial charge in [-0.3, -0.25) is 9.78 Å². The van der Waals surface area contributed by atoms with Crippen molar-refractivity contribution >= 4 is 16.7 Å². The van der Waals surface area contributed by atoms with Gasteiger partial charge in [0.25, 0.3) is 5.91 Å². The highest BCUT2D eigenvalue weighted by molar-refractivity contribution is 5.84. The third-order valence-electron chi connectivity index (χ3n) is 5.06. The highest BCUT2D eigenvalue weighted by Gasteiger charge is 2.24. The van der Waals surface area contributed by atoms with E-state index in [1.807, 2.05) is 60.4 Å². The largest absolute Gasteiger partial charge is 0.489 e. The Balaban J connectivity index is 1.26. The number of amides is 1. The van der Waals surface area contributed by atoms with E-state index in [1.54, 1.807) is 6.20 Å². The predicted molar refractivity (Wildman–Crippen MR) is 109 cm³/mol. The van der Waals surface area contributed by atoms with Gasteiger partial charge in [0.2, 0.25) is 0 Å². The van der Waals surface area contributed by atoms with Crippen LogP contribution in [0.5, 0.6) is 11.5 Å². The van der Waals surface area contributed by atoms with E-state index in [1.165, 1.54) is 0 Å². The lowest BCUT2D eigenvalue weighted by atomic mass is 10.1. The van der Waals surface area contributed by atoms with Gasteiger partial charge in [-0.1, -0.05) is 30.3 Å². The van der Waals surface area contributed by atoms with E-state index < -0.39 is 0 Å². The van der Waals surface area contributed by atoms with Gasteiger partial charge in [-0.05, 0) is 42.0 Å². The molecule has 144 valence electrons. The molecule has 0 unspecified atom stereocenters. The van der Waals surface area contributed by atoms with Crippen molar-refractivity contribution in [2.75, 3.05) is 19.7 Å². The molecule has 1 saturated heterocycles. The van der Waals surface area contributed by atoms with E-state index in [0.717, 1.165) is 40.8 Å². The summed E-state index contributed by atoms with van der Waals surface area (Å²) in [6.45, 7) is 3.38. The molecule has 0 spiro atoms. The Bertz CT molecular complexity index is 947. The van der Waals surface area contributed by atoms with Crippen LogP contribution in [0.3, 0.4) is 0 Å². The molecule has 5 heteroatoms. The number of likely N-dealkylation sites (tertiary alicyclic amines) is 1. The smallest absolute Gasteiger partial charge is 0.260 e. The molecule has 1 fully saturated rings. The summed E-state index contributed by atoms with van der Waals surface area (Å²) < 4.78 is 11.7. The number of aryl methyl sites for hydroxylation is 1. The van der Waals surface area contributed by atoms with Gasteiger partial charge in [0.1, 0.15) is 17.6 Å². The number of fused-ring (bicyclic) bond motifs is 1. The number of carbonyl (C=O) groups excluding carboxylic acids is 1. The van der Waals surface area contributed by atoms with Crippen molar-refractivity contribution < 1.29 is 14.3 Å². The Kier molecular flexibility index (Phi) is 5.42. The van der Waals surface area contributed by atoms with Gasteiger partial charge in [0.05, 0.1) is 6.20 Å². The summed E-state index contributed by atoms with van der Waals surface area (Å²) in [6, 6.07) is 17.9. The van der Waals surface area contributed by atoms with Crippen molar-refractivity contribution in [2.24, 2.45) is 0 Å². The lowest BCUT2D eigenvalue weighted by molar-refractivity contribution is -0.135. The molecule has 1 aliphatic heterocycles. The number of aromatic nitrogens is 1. The van der Waals surface area contributed by atoms with E-state index >= 15 is 0 Å². The Labute approximate surface area is 164 Å². The summed E-state index contributed by atoms with van der Waals surface area (Å²) in [7, 11) is 0. The number of rotatable bonds is 5. The Hall–Kier alpha value is -3.08. The first-order valence-electron chi connectivity index (χ1n) is 9.66. The average Bonchev–Trinajstić information content (AvgIpc) is 2.74. The minimum Gasteiger partial charge on any atom is -0.489 e. The fraction of sp³-hybridized carbons (Fsp3) is 0.304. The third-order valence-corrected chi connectivity index (χ3v) is 5.06. The molecule has 1 aliphatic rings. The molecular weight excluding hydrogens is 352 g/mol. The summed E-state index contributed by atoms with van der Waals surface area (Å²) in [5.41, 5.74) is 0.971. The zero-order valence-electron chi connectivity index (χ0n) is 16.0. The number of nitrogens with zero attached hydrogens (tertiary/aromatic N) is 2. The maximum atomic E-state index is 12.5. The number of pyridine rings is 1. The second kappa shape index (κ2) is 8.30. The minimum atomic E-state index is 0.0172. The molecule has 2 aromatic carbocycles. The third kappa shape index (κ3) is 4.42. The van der Waals surface area contributed by atoms with Crippen molar-refractivity contribution in [1.82, 2.24) is 9.88 Å². The van der Waals surface area contributed by atoms with Gasteiger partial charge in [-0.15, -0.1) is 0 Å². The highest BCUT2D eigenvalue weighted by atomic mass is 16.5. The van der Waals surface area contributed by atoms with Crippen molar-refractivity contribution in [3.05, 3.63) is 66.5 Å². The first-order chi connectivity index (χ1) is 13.7. The fourth-order valence-electron chi connectivity index (χ4n) is 3.43. The first kappa shape index (κ1) is 18.3. The maximum Gasteiger partial charge on any atom is 0.260 e. The average molecular weight is 376 g/mol. The zero-order valence-corrected chi connectivity index (χ0v) is 16.0. The molecule has 0 saturated carbocycles. The van der Waals surface area contributed by atoms with E-state index in [-0.39, 0.29) is 18.6 Å². The van der Waals surface area contributed by atoms with Crippen LogP contribution in [0.25, 0.3) is 10.8 Å². The van der Waals surface area contributed by atoms with Crippen LogP contribution in [-0.2, 0) is 4.79 Å². The number of carbonyl (C=O) groups is 1. The van der Waals surface area contributed by atoms with E-state index in [0.29, 0.717) is 13.1 Å². The highest BCUT2D eigenvalue weighted by Crippen LogP contribution is 2.21. The lowest BCUT2D eigenvalue weighted by Crippen LogP contribution is -2.43. The summed E-state index contributed by atoms with van der Waals surface area (Å²) in [5, 5.41) is 2.27. The fourth-order valence-corrected chi connectivity index (χ4v) is 3.43. The monoisotopic (exact) mass is 376 g/mol. The zero-order chi connectivity index (χ0) is 19.3. The standard InChI is InChI=1S/C23H24N2O3/c1-17-6-8-22(15-24-17)28-20-10-12-25(13-11-20)23(26)16-27-21-9-7-18-4-2-3-5-19(18)14-21/h2-9,14-15,20H,10-13,16H2,1H3. The summed E-state index contributed by atoms with van der Waals surface area (Å²) in [5.74, 6) is 1.52. The molecule has 1 aromatic heterocycles. The number of ether oxygens (including phenoxy) is 2. The Morgan fingerprint density at radius 3 is 2.54 bits per heavy atom. The predicted octanol–water partition coefficient (Wildman–Crippen LogP) is 3.99. The van der Waals surface area contributed by atoms with Crippen LogP contribution in [0, 0.1) is 6.92 Å².